The van der Waals surface area contributed by atoms with Crippen molar-refractivity contribution >= 4 is 12.4 Å². The molecule has 53 heavy (non-hydrogen) atoms. The van der Waals surface area contributed by atoms with Gasteiger partial charge in [-0.05, 0) is 130 Å². The van der Waals surface area contributed by atoms with E-state index in [4.69, 9.17) is 9.47 Å². The van der Waals surface area contributed by atoms with Crippen LogP contribution in [0.2, 0.25) is 0 Å². The molecule has 0 amide bonds. The van der Waals surface area contributed by atoms with Gasteiger partial charge in [0.2, 0.25) is 12.1 Å². The molecule has 1 saturated carbocycles. The Bertz CT molecular complexity index is 1610. The summed E-state index contributed by atoms with van der Waals surface area (Å²) >= 11 is 0. The molecule has 2 fully saturated rings. The maximum Gasteiger partial charge on any atom is 0.704 e. The van der Waals surface area contributed by atoms with Crippen LogP contribution in [-0.2, 0) is 10.8 Å². The number of hydrogen-bond acceptors (Lipinski definition) is 4. The van der Waals surface area contributed by atoms with Gasteiger partial charge in [0.1, 0.15) is 0 Å². The Labute approximate surface area is 335 Å². The van der Waals surface area contributed by atoms with E-state index in [9.17, 15) is 0 Å². The number of aryl methyl sites for hydroxylation is 1. The van der Waals surface area contributed by atoms with Gasteiger partial charge in [0.05, 0.1) is 11.1 Å². The topological polar surface area (TPSA) is 31.0 Å². The lowest BCUT2D eigenvalue weighted by molar-refractivity contribution is -0.866. The minimum atomic E-state index is -1.01. The number of benzene rings is 2. The highest BCUT2D eigenvalue weighted by atomic mass is 35.5. The Morgan fingerprint density at radius 2 is 1.19 bits per heavy atom. The van der Waals surface area contributed by atoms with Crippen LogP contribution in [0.25, 0.3) is 0 Å². The lowest BCUT2D eigenvalue weighted by atomic mass is 9.79. The van der Waals surface area contributed by atoms with Crippen LogP contribution in [0.5, 0.6) is 11.5 Å². The van der Waals surface area contributed by atoms with E-state index in [-0.39, 0.29) is 35.6 Å². The van der Waals surface area contributed by atoms with Crippen LogP contribution in [0.4, 0.5) is 0 Å². The molecule has 4 aliphatic rings. The van der Waals surface area contributed by atoms with Crippen LogP contribution in [0.1, 0.15) is 160 Å². The van der Waals surface area contributed by atoms with E-state index in [1.165, 1.54) is 85.0 Å². The summed E-state index contributed by atoms with van der Waals surface area (Å²) in [5, 5.41) is 0. The summed E-state index contributed by atoms with van der Waals surface area (Å²) in [5.74, 6) is 2.49. The summed E-state index contributed by atoms with van der Waals surface area (Å²) in [4.78, 5) is 5.14. The number of hydrogen-bond donors (Lipinski definition) is 0. The molecule has 1 spiro atoms. The standard InChI is InChI=1S/C45H70N4O2.2ClH/c1-12-46(13-2)24-18-20-33(21-19-25-47(14-3)15-4)34-26-32(5)41-35(27-34)30-48-39-22-16-17-23-40(39)49-31-36-28-37(43(6,7)8)29-38(44(9,10)11)42(36)51-45(48,49)50-41;;/h26-31,33,39-40H,12-25H2,1-11H3;2*1H/q+2;;/p-2. The van der Waals surface area contributed by atoms with Crippen molar-refractivity contribution in [2.75, 3.05) is 39.3 Å². The van der Waals surface area contributed by atoms with Crippen molar-refractivity contribution in [1.29, 1.82) is 0 Å². The maximum atomic E-state index is 7.41. The highest BCUT2D eigenvalue weighted by Gasteiger charge is 2.76. The van der Waals surface area contributed by atoms with Crippen LogP contribution >= 0.6 is 0 Å². The number of halogens is 2. The van der Waals surface area contributed by atoms with Gasteiger partial charge in [0.15, 0.2) is 23.9 Å². The summed E-state index contributed by atoms with van der Waals surface area (Å²) in [6.07, 6.45) is 14.5. The molecule has 3 aliphatic heterocycles. The highest BCUT2D eigenvalue weighted by Crippen LogP contribution is 2.48. The van der Waals surface area contributed by atoms with Crippen LogP contribution in [0, 0.1) is 6.92 Å². The van der Waals surface area contributed by atoms with Crippen molar-refractivity contribution in [3.63, 3.8) is 0 Å². The second-order valence-electron chi connectivity index (χ2n) is 18.0. The number of rotatable bonds is 13. The molecular weight excluding hydrogens is 699 g/mol. The molecular formula is C45H70Cl2N4O2. The average Bonchev–Trinajstić information content (AvgIpc) is 3.36. The van der Waals surface area contributed by atoms with Gasteiger partial charge in [-0.2, -0.15) is 0 Å². The van der Waals surface area contributed by atoms with E-state index in [0.717, 1.165) is 50.5 Å². The van der Waals surface area contributed by atoms with Gasteiger partial charge in [0, 0.05) is 18.4 Å². The molecule has 6 nitrogen and oxygen atoms in total. The maximum absolute atomic E-state index is 7.41. The SMILES string of the molecule is CCN(CC)CCCC(CCCN(CC)CC)c1cc(C)c2c(c1)C=[N+]1C3CCCCC3[N+]3=Cc4cc(C(C)(C)C)cc(C(C)(C)C)c4OC13O2.[Cl-].[Cl-]. The molecule has 3 unspecified atom stereocenters. The van der Waals surface area contributed by atoms with E-state index in [1.807, 2.05) is 0 Å². The normalized spacial score (nSPS) is 21.6. The molecule has 0 bridgehead atoms. The minimum absolute atomic E-state index is 0. The second kappa shape index (κ2) is 17.3. The average molecular weight is 770 g/mol. The van der Waals surface area contributed by atoms with Gasteiger partial charge in [-0.3, -0.25) is 0 Å². The second-order valence-corrected chi connectivity index (χ2v) is 18.0. The van der Waals surface area contributed by atoms with Crippen LogP contribution in [-0.4, -0.2) is 88.8 Å². The van der Waals surface area contributed by atoms with Crippen molar-refractivity contribution in [2.24, 2.45) is 0 Å². The zero-order chi connectivity index (χ0) is 36.7. The molecule has 1 aliphatic carbocycles. The Hall–Kier alpha value is -2.12. The molecule has 2 aromatic rings. The van der Waals surface area contributed by atoms with Crippen molar-refractivity contribution in [1.82, 2.24) is 9.80 Å². The first-order valence-corrected chi connectivity index (χ1v) is 20.7. The minimum Gasteiger partial charge on any atom is -1.00 e. The molecule has 2 aromatic carbocycles. The smallest absolute Gasteiger partial charge is 0.704 e. The lowest BCUT2D eigenvalue weighted by Crippen LogP contribution is -3.00. The Morgan fingerprint density at radius 3 is 1.66 bits per heavy atom. The molecule has 1 saturated heterocycles. The van der Waals surface area contributed by atoms with Crippen LogP contribution in [0.15, 0.2) is 24.3 Å². The Morgan fingerprint density at radius 1 is 0.698 bits per heavy atom. The lowest BCUT2D eigenvalue weighted by Gasteiger charge is -2.33. The fourth-order valence-corrected chi connectivity index (χ4v) is 9.28. The summed E-state index contributed by atoms with van der Waals surface area (Å²) in [6, 6.07) is 9.37. The molecule has 6 rings (SSSR count). The van der Waals surface area contributed by atoms with E-state index >= 15 is 0 Å². The fourth-order valence-electron chi connectivity index (χ4n) is 9.28. The third-order valence-electron chi connectivity index (χ3n) is 12.5. The Kier molecular flexibility index (Phi) is 14.3. The molecule has 296 valence electrons. The molecule has 0 N–H and O–H groups in total. The Balaban J connectivity index is 0.00000314. The van der Waals surface area contributed by atoms with E-state index in [0.29, 0.717) is 18.0 Å². The first-order valence-electron chi connectivity index (χ1n) is 20.7. The number of fused-ring (bicyclic) bond motifs is 5. The quantitative estimate of drug-likeness (QED) is 0.294. The largest absolute Gasteiger partial charge is 1.00 e. The third-order valence-corrected chi connectivity index (χ3v) is 12.5. The predicted molar refractivity (Wildman–Crippen MR) is 213 cm³/mol. The van der Waals surface area contributed by atoms with Gasteiger partial charge in [-0.1, -0.05) is 90.5 Å². The summed E-state index contributed by atoms with van der Waals surface area (Å²) in [7, 11) is 0. The van der Waals surface area contributed by atoms with Gasteiger partial charge < -0.3 is 44.1 Å². The van der Waals surface area contributed by atoms with Crippen LogP contribution in [0.3, 0.4) is 0 Å². The zero-order valence-corrected chi connectivity index (χ0v) is 36.5. The third kappa shape index (κ3) is 8.66. The van der Waals surface area contributed by atoms with Crippen molar-refractivity contribution in [2.45, 2.75) is 162 Å². The van der Waals surface area contributed by atoms with Gasteiger partial charge in [0.25, 0.3) is 0 Å². The molecule has 0 radical (unpaired) electrons. The summed E-state index contributed by atoms with van der Waals surface area (Å²) < 4.78 is 19.7. The highest BCUT2D eigenvalue weighted by molar-refractivity contribution is 5.85. The van der Waals surface area contributed by atoms with E-state index in [1.54, 1.807) is 0 Å². The molecule has 3 heterocycles. The first kappa shape index (κ1) is 43.6. The van der Waals surface area contributed by atoms with Crippen molar-refractivity contribution in [3.05, 3.63) is 57.6 Å². The number of ether oxygens (including phenoxy) is 2. The van der Waals surface area contributed by atoms with Gasteiger partial charge >= 0.3 is 6.03 Å². The fraction of sp³-hybridized carbons (Fsp3) is 0.689. The van der Waals surface area contributed by atoms with E-state index < -0.39 is 6.03 Å². The van der Waals surface area contributed by atoms with Gasteiger partial charge in [-0.15, -0.1) is 0 Å². The zero-order valence-electron chi connectivity index (χ0n) is 35.0. The summed E-state index contributed by atoms with van der Waals surface area (Å²) in [5.41, 5.74) is 7.66. The summed E-state index contributed by atoms with van der Waals surface area (Å²) in [6.45, 7) is 32.1. The van der Waals surface area contributed by atoms with E-state index in [2.05, 4.69) is 132 Å². The molecule has 8 heteroatoms. The number of nitrogens with zero attached hydrogens (tertiary/aromatic N) is 4. The molecule has 3 atom stereocenters. The monoisotopic (exact) mass is 768 g/mol. The van der Waals surface area contributed by atoms with Crippen molar-refractivity contribution < 1.29 is 43.4 Å². The van der Waals surface area contributed by atoms with Crippen LogP contribution < -0.4 is 34.3 Å². The van der Waals surface area contributed by atoms with Crippen molar-refractivity contribution in [3.8, 4) is 11.5 Å². The first-order chi connectivity index (χ1) is 24.2. The predicted octanol–water partition coefficient (Wildman–Crippen LogP) is 3.21. The van der Waals surface area contributed by atoms with Gasteiger partial charge in [-0.25, -0.2) is 0 Å². The molecule has 0 aromatic heterocycles.